The molecule has 0 spiro atoms. The molecule has 2 atom stereocenters. The largest absolute Gasteiger partial charge is 0.385 e. The summed E-state index contributed by atoms with van der Waals surface area (Å²) < 4.78 is 5.10. The van der Waals surface area contributed by atoms with Gasteiger partial charge in [0.1, 0.15) is 6.04 Å². The molecule has 0 unspecified atom stereocenters. The van der Waals surface area contributed by atoms with Crippen molar-refractivity contribution in [1.29, 1.82) is 0 Å². The van der Waals surface area contributed by atoms with E-state index in [1.54, 1.807) is 29.0 Å². The van der Waals surface area contributed by atoms with Crippen molar-refractivity contribution in [2.45, 2.75) is 24.9 Å². The highest BCUT2D eigenvalue weighted by molar-refractivity contribution is 5.97. The number of amides is 2. The van der Waals surface area contributed by atoms with Crippen LogP contribution in [0.4, 0.5) is 5.69 Å². The van der Waals surface area contributed by atoms with Crippen LogP contribution in [0.25, 0.3) is 10.9 Å². The lowest BCUT2D eigenvalue weighted by Crippen LogP contribution is -2.63. The number of rotatable bonds is 6. The number of carbonyl (C=O) groups is 2. The Balaban J connectivity index is 1.60. The van der Waals surface area contributed by atoms with Crippen molar-refractivity contribution in [3.63, 3.8) is 0 Å². The number of carbonyl (C=O) groups excluding carboxylic acids is 2. The van der Waals surface area contributed by atoms with Crippen LogP contribution in [0.15, 0.2) is 48.5 Å². The first-order valence-electron chi connectivity index (χ1n) is 10.9. The van der Waals surface area contributed by atoms with Gasteiger partial charge in [0.2, 0.25) is 11.8 Å². The van der Waals surface area contributed by atoms with E-state index in [2.05, 4.69) is 4.98 Å². The molecule has 2 amide bonds. The molecule has 9 nitrogen and oxygen atoms in total. The second-order valence-electron chi connectivity index (χ2n) is 8.44. The maximum absolute atomic E-state index is 13.5. The highest BCUT2D eigenvalue weighted by Crippen LogP contribution is 2.42. The molecule has 1 N–H and O–H groups in total. The third-order valence-corrected chi connectivity index (χ3v) is 6.54. The molecule has 1 saturated heterocycles. The average molecular weight is 448 g/mol. The Kier molecular flexibility index (Phi) is 5.33. The molecule has 0 aliphatic carbocycles. The van der Waals surface area contributed by atoms with E-state index in [-0.39, 0.29) is 24.0 Å². The van der Waals surface area contributed by atoms with E-state index < -0.39 is 17.0 Å². The van der Waals surface area contributed by atoms with Gasteiger partial charge in [-0.2, -0.15) is 0 Å². The standard InChI is InChI=1S/C24H24N4O5/c1-33-12-4-11-26-14-21(29)27-20(24(26)30)13-18-17-5-2-3-6-19(17)25-22(18)23(27)15-7-9-16(10-8-15)28(31)32/h2-3,5-10,20,23,25H,4,11-14H2,1H3/t20-,23+/m0/s1. The predicted molar refractivity (Wildman–Crippen MR) is 121 cm³/mol. The number of non-ortho nitro benzene ring substituents is 1. The minimum Gasteiger partial charge on any atom is -0.385 e. The molecule has 2 aliphatic heterocycles. The van der Waals surface area contributed by atoms with Gasteiger partial charge >= 0.3 is 0 Å². The SMILES string of the molecule is COCCCN1CC(=O)N2[C@H](c3ccc([N+](=O)[O-])cc3)c3[nH]c4ccccc4c3C[C@H]2C1=O. The molecule has 5 rings (SSSR count). The lowest BCUT2D eigenvalue weighted by molar-refractivity contribution is -0.384. The lowest BCUT2D eigenvalue weighted by Gasteiger charge is -2.47. The first kappa shape index (κ1) is 21.1. The van der Waals surface area contributed by atoms with Crippen LogP contribution < -0.4 is 0 Å². The van der Waals surface area contributed by atoms with E-state index in [4.69, 9.17) is 4.74 Å². The number of nitro groups is 1. The summed E-state index contributed by atoms with van der Waals surface area (Å²) in [6, 6.07) is 12.9. The number of piperazine rings is 1. The van der Waals surface area contributed by atoms with E-state index in [0.717, 1.165) is 27.7 Å². The van der Waals surface area contributed by atoms with Crippen LogP contribution in [0.2, 0.25) is 0 Å². The zero-order valence-corrected chi connectivity index (χ0v) is 18.2. The average Bonchev–Trinajstić information content (AvgIpc) is 3.19. The number of hydrogen-bond donors (Lipinski definition) is 1. The summed E-state index contributed by atoms with van der Waals surface area (Å²) in [6.07, 6.45) is 1.08. The summed E-state index contributed by atoms with van der Waals surface area (Å²) in [5, 5.41) is 12.2. The predicted octanol–water partition coefficient (Wildman–Crippen LogP) is 2.80. The highest BCUT2D eigenvalue weighted by Gasteiger charge is 2.48. The second-order valence-corrected chi connectivity index (χ2v) is 8.44. The summed E-state index contributed by atoms with van der Waals surface area (Å²) in [6.45, 7) is 0.994. The third-order valence-electron chi connectivity index (χ3n) is 6.54. The maximum Gasteiger partial charge on any atom is 0.269 e. The first-order valence-corrected chi connectivity index (χ1v) is 10.9. The number of hydrogen-bond acceptors (Lipinski definition) is 5. The van der Waals surface area contributed by atoms with Crippen molar-refractivity contribution in [3.8, 4) is 0 Å². The highest BCUT2D eigenvalue weighted by atomic mass is 16.6. The molecule has 0 bridgehead atoms. The number of benzene rings is 2. The number of nitrogens with one attached hydrogen (secondary N) is 1. The van der Waals surface area contributed by atoms with Crippen LogP contribution in [0, 0.1) is 10.1 Å². The number of fused-ring (bicyclic) bond motifs is 4. The minimum absolute atomic E-state index is 0.0120. The van der Waals surface area contributed by atoms with Gasteiger partial charge < -0.3 is 19.5 Å². The topological polar surface area (TPSA) is 109 Å². The van der Waals surface area contributed by atoms with Gasteiger partial charge in [-0.1, -0.05) is 18.2 Å². The lowest BCUT2D eigenvalue weighted by atomic mass is 9.86. The summed E-state index contributed by atoms with van der Waals surface area (Å²) in [5.74, 6) is -0.210. The van der Waals surface area contributed by atoms with Crippen LogP contribution in [0.3, 0.4) is 0 Å². The minimum atomic E-state index is -0.624. The van der Waals surface area contributed by atoms with E-state index in [9.17, 15) is 19.7 Å². The normalized spacial score (nSPS) is 20.2. The molecule has 170 valence electrons. The Labute approximate surface area is 190 Å². The van der Waals surface area contributed by atoms with Gasteiger partial charge in [-0.05, 0) is 35.7 Å². The molecule has 0 radical (unpaired) electrons. The Hall–Kier alpha value is -3.72. The number of H-pyrrole nitrogens is 1. The summed E-state index contributed by atoms with van der Waals surface area (Å²) in [4.78, 5) is 44.3. The Bertz CT molecular complexity index is 1240. The van der Waals surface area contributed by atoms with Crippen LogP contribution in [0.5, 0.6) is 0 Å². The second kappa shape index (κ2) is 8.32. The van der Waals surface area contributed by atoms with Gasteiger partial charge in [0.05, 0.1) is 17.5 Å². The molecule has 3 aromatic rings. The van der Waals surface area contributed by atoms with Crippen molar-refractivity contribution in [2.24, 2.45) is 0 Å². The summed E-state index contributed by atoms with van der Waals surface area (Å²) in [5.41, 5.74) is 3.51. The summed E-state index contributed by atoms with van der Waals surface area (Å²) in [7, 11) is 1.61. The van der Waals surface area contributed by atoms with E-state index in [0.29, 0.717) is 26.0 Å². The number of aromatic amines is 1. The van der Waals surface area contributed by atoms with Gasteiger partial charge in [0, 0.05) is 55.4 Å². The molecular weight excluding hydrogens is 424 g/mol. The maximum atomic E-state index is 13.5. The third kappa shape index (κ3) is 3.54. The quantitative estimate of drug-likeness (QED) is 0.354. The Morgan fingerprint density at radius 1 is 1.15 bits per heavy atom. The Morgan fingerprint density at radius 2 is 1.91 bits per heavy atom. The van der Waals surface area contributed by atoms with Gasteiger partial charge in [0.25, 0.3) is 5.69 Å². The zero-order chi connectivity index (χ0) is 23.1. The molecule has 33 heavy (non-hydrogen) atoms. The fraction of sp³-hybridized carbons (Fsp3) is 0.333. The fourth-order valence-corrected chi connectivity index (χ4v) is 5.04. The van der Waals surface area contributed by atoms with Gasteiger partial charge in [-0.15, -0.1) is 0 Å². The van der Waals surface area contributed by atoms with E-state index in [1.807, 2.05) is 24.3 Å². The fourth-order valence-electron chi connectivity index (χ4n) is 5.04. The number of nitro benzene ring substituents is 1. The first-order chi connectivity index (χ1) is 16.0. The van der Waals surface area contributed by atoms with Crippen LogP contribution in [0.1, 0.15) is 29.3 Å². The molecule has 0 saturated carbocycles. The van der Waals surface area contributed by atoms with E-state index in [1.165, 1.54) is 12.1 Å². The van der Waals surface area contributed by atoms with Crippen LogP contribution >= 0.6 is 0 Å². The van der Waals surface area contributed by atoms with Crippen molar-refractivity contribution in [2.75, 3.05) is 26.8 Å². The Morgan fingerprint density at radius 3 is 2.64 bits per heavy atom. The molecular formula is C24H24N4O5. The molecule has 2 aromatic carbocycles. The number of ether oxygens (including phenoxy) is 1. The van der Waals surface area contributed by atoms with Crippen molar-refractivity contribution >= 4 is 28.4 Å². The number of methoxy groups -OCH3 is 1. The molecule has 9 heteroatoms. The monoisotopic (exact) mass is 448 g/mol. The zero-order valence-electron chi connectivity index (χ0n) is 18.2. The van der Waals surface area contributed by atoms with Crippen molar-refractivity contribution in [1.82, 2.24) is 14.8 Å². The van der Waals surface area contributed by atoms with Crippen LogP contribution in [-0.2, 0) is 20.7 Å². The van der Waals surface area contributed by atoms with Gasteiger partial charge in [-0.3, -0.25) is 19.7 Å². The molecule has 3 heterocycles. The van der Waals surface area contributed by atoms with Gasteiger partial charge in [0.15, 0.2) is 0 Å². The number of nitrogens with zero attached hydrogens (tertiary/aromatic N) is 3. The van der Waals surface area contributed by atoms with Crippen molar-refractivity contribution < 1.29 is 19.2 Å². The van der Waals surface area contributed by atoms with Gasteiger partial charge in [-0.25, -0.2) is 0 Å². The smallest absolute Gasteiger partial charge is 0.269 e. The molecule has 1 fully saturated rings. The van der Waals surface area contributed by atoms with Crippen LogP contribution in [-0.4, -0.2) is 64.4 Å². The molecule has 2 aliphatic rings. The van der Waals surface area contributed by atoms with E-state index >= 15 is 0 Å². The summed E-state index contributed by atoms with van der Waals surface area (Å²) >= 11 is 0. The number of para-hydroxylation sites is 1. The molecule has 1 aromatic heterocycles. The number of aromatic nitrogens is 1. The van der Waals surface area contributed by atoms with Crippen molar-refractivity contribution in [3.05, 3.63) is 75.5 Å².